The Morgan fingerprint density at radius 1 is 1.12 bits per heavy atom. The van der Waals surface area contributed by atoms with Gasteiger partial charge in [0.15, 0.2) is 0 Å². The van der Waals surface area contributed by atoms with Gasteiger partial charge in [0.25, 0.3) is 0 Å². The van der Waals surface area contributed by atoms with E-state index < -0.39 is 5.60 Å². The zero-order chi connectivity index (χ0) is 11.0. The second-order valence-electron chi connectivity index (χ2n) is 5.51. The van der Waals surface area contributed by atoms with E-state index in [1.54, 1.807) is 11.1 Å². The van der Waals surface area contributed by atoms with Gasteiger partial charge < -0.3 is 9.84 Å². The molecule has 16 heavy (non-hydrogen) atoms. The lowest BCUT2D eigenvalue weighted by molar-refractivity contribution is -0.00616. The van der Waals surface area contributed by atoms with Crippen LogP contribution < -0.4 is 0 Å². The summed E-state index contributed by atoms with van der Waals surface area (Å²) in [6.07, 6.45) is 5.97. The molecule has 2 heterocycles. The smallest absolute Gasteiger partial charge is 0.103 e. The lowest BCUT2D eigenvalue weighted by Gasteiger charge is -2.33. The molecule has 0 radical (unpaired) electrons. The number of allylic oxidation sites excluding steroid dienone is 1. The largest absolute Gasteiger partial charge is 0.386 e. The summed E-state index contributed by atoms with van der Waals surface area (Å²) in [5.41, 5.74) is 2.87. The molecule has 3 nitrogen and oxygen atoms in total. The molecule has 0 aromatic heterocycles. The third kappa shape index (κ3) is 2.31. The molecule has 1 unspecified atom stereocenters. The maximum absolute atomic E-state index is 10.3. The molecule has 0 aromatic carbocycles. The van der Waals surface area contributed by atoms with Crippen LogP contribution in [-0.4, -0.2) is 48.5 Å². The van der Waals surface area contributed by atoms with E-state index in [0.717, 1.165) is 32.7 Å². The van der Waals surface area contributed by atoms with Gasteiger partial charge in [0.05, 0.1) is 6.61 Å². The molecule has 3 aliphatic rings. The van der Waals surface area contributed by atoms with Crippen LogP contribution in [0.15, 0.2) is 11.1 Å². The highest BCUT2D eigenvalue weighted by Crippen LogP contribution is 2.36. The van der Waals surface area contributed by atoms with Crippen molar-refractivity contribution in [2.24, 2.45) is 0 Å². The van der Waals surface area contributed by atoms with Gasteiger partial charge in [0, 0.05) is 32.7 Å². The first-order valence-corrected chi connectivity index (χ1v) is 6.47. The Balaban J connectivity index is 1.52. The minimum Gasteiger partial charge on any atom is -0.386 e. The number of hydrogen-bond acceptors (Lipinski definition) is 3. The molecule has 0 spiro atoms. The Morgan fingerprint density at radius 2 is 1.81 bits per heavy atom. The molecule has 3 fully saturated rings. The molecule has 1 N–H and O–H groups in total. The molecule has 1 atom stereocenters. The fraction of sp³-hybridized carbons (Fsp3) is 0.846. The van der Waals surface area contributed by atoms with E-state index in [1.807, 2.05) is 0 Å². The van der Waals surface area contributed by atoms with Crippen molar-refractivity contribution in [2.45, 2.75) is 37.7 Å². The first-order chi connectivity index (χ1) is 7.75. The summed E-state index contributed by atoms with van der Waals surface area (Å²) >= 11 is 0. The summed E-state index contributed by atoms with van der Waals surface area (Å²) in [5.74, 6) is 0. The van der Waals surface area contributed by atoms with Gasteiger partial charge in [-0.05, 0) is 25.7 Å². The van der Waals surface area contributed by atoms with Crippen LogP contribution in [0.4, 0.5) is 0 Å². The van der Waals surface area contributed by atoms with E-state index in [1.165, 1.54) is 25.7 Å². The first kappa shape index (κ1) is 10.8. The Kier molecular flexibility index (Phi) is 2.78. The normalized spacial score (nSPS) is 35.8. The number of piperidine rings is 1. The second-order valence-corrected chi connectivity index (χ2v) is 5.51. The van der Waals surface area contributed by atoms with Crippen LogP contribution in [0.3, 0.4) is 0 Å². The molecule has 2 aliphatic heterocycles. The van der Waals surface area contributed by atoms with Gasteiger partial charge in [0.1, 0.15) is 5.60 Å². The molecule has 3 rings (SSSR count). The van der Waals surface area contributed by atoms with Crippen LogP contribution in [0.1, 0.15) is 32.1 Å². The van der Waals surface area contributed by atoms with Crippen molar-refractivity contribution in [1.82, 2.24) is 4.90 Å². The standard InChI is InChI=1S/C13H21NO2/c15-13(5-8-16-10-13)9-14-6-3-12(4-7-14)11-1-2-11/h15H,1-10H2. The average Bonchev–Trinajstić information content (AvgIpc) is 3.04. The molecule has 90 valence electrons. The molecular weight excluding hydrogens is 202 g/mol. The summed E-state index contributed by atoms with van der Waals surface area (Å²) in [5, 5.41) is 10.3. The lowest BCUT2D eigenvalue weighted by Crippen LogP contribution is -2.45. The highest BCUT2D eigenvalue weighted by Gasteiger charge is 2.35. The van der Waals surface area contributed by atoms with Crippen LogP contribution >= 0.6 is 0 Å². The molecule has 0 amide bonds. The zero-order valence-corrected chi connectivity index (χ0v) is 9.87. The number of likely N-dealkylation sites (tertiary alicyclic amines) is 1. The van der Waals surface area contributed by atoms with Gasteiger partial charge in [-0.25, -0.2) is 0 Å². The fourth-order valence-corrected chi connectivity index (χ4v) is 2.89. The van der Waals surface area contributed by atoms with Gasteiger partial charge in [0.2, 0.25) is 0 Å². The topological polar surface area (TPSA) is 32.7 Å². The van der Waals surface area contributed by atoms with Gasteiger partial charge in [-0.1, -0.05) is 11.1 Å². The number of β-amino-alcohol motifs (C(OH)–C–C–N with tert-alkyl or cyclic N) is 1. The van der Waals surface area contributed by atoms with Crippen LogP contribution in [-0.2, 0) is 4.74 Å². The number of hydrogen-bond donors (Lipinski definition) is 1. The van der Waals surface area contributed by atoms with Gasteiger partial charge in [-0.15, -0.1) is 0 Å². The van der Waals surface area contributed by atoms with E-state index >= 15 is 0 Å². The van der Waals surface area contributed by atoms with Crippen LogP contribution in [0.25, 0.3) is 0 Å². The van der Waals surface area contributed by atoms with Crippen LogP contribution in [0.2, 0.25) is 0 Å². The third-order valence-corrected chi connectivity index (χ3v) is 4.06. The molecule has 3 heteroatoms. The minimum absolute atomic E-state index is 0.525. The van der Waals surface area contributed by atoms with E-state index in [2.05, 4.69) is 4.90 Å². The minimum atomic E-state index is -0.565. The number of aliphatic hydroxyl groups is 1. The van der Waals surface area contributed by atoms with Crippen LogP contribution in [0.5, 0.6) is 0 Å². The predicted octanol–water partition coefficient (Wildman–Crippen LogP) is 1.32. The monoisotopic (exact) mass is 223 g/mol. The molecule has 0 aromatic rings. The fourth-order valence-electron chi connectivity index (χ4n) is 2.89. The van der Waals surface area contributed by atoms with Crippen LogP contribution in [0, 0.1) is 0 Å². The highest BCUT2D eigenvalue weighted by atomic mass is 16.5. The Morgan fingerprint density at radius 3 is 2.38 bits per heavy atom. The zero-order valence-electron chi connectivity index (χ0n) is 9.87. The lowest BCUT2D eigenvalue weighted by atomic mass is 9.98. The van der Waals surface area contributed by atoms with Gasteiger partial charge >= 0.3 is 0 Å². The SMILES string of the molecule is OC1(CN2CCC(=C3CC3)CC2)CCOC1. The summed E-state index contributed by atoms with van der Waals surface area (Å²) in [6.45, 7) is 4.30. The van der Waals surface area contributed by atoms with Crippen molar-refractivity contribution >= 4 is 0 Å². The van der Waals surface area contributed by atoms with E-state index in [9.17, 15) is 5.11 Å². The number of ether oxygens (including phenoxy) is 1. The van der Waals surface area contributed by atoms with Crippen molar-refractivity contribution in [1.29, 1.82) is 0 Å². The number of rotatable bonds is 2. The van der Waals surface area contributed by atoms with E-state index in [4.69, 9.17) is 4.74 Å². The maximum Gasteiger partial charge on any atom is 0.103 e. The van der Waals surface area contributed by atoms with Gasteiger partial charge in [-0.2, -0.15) is 0 Å². The summed E-state index contributed by atoms with van der Waals surface area (Å²) in [7, 11) is 0. The van der Waals surface area contributed by atoms with Crippen molar-refractivity contribution in [3.05, 3.63) is 11.1 Å². The summed E-state index contributed by atoms with van der Waals surface area (Å²) in [6, 6.07) is 0. The van der Waals surface area contributed by atoms with Crippen molar-refractivity contribution in [3.63, 3.8) is 0 Å². The average molecular weight is 223 g/mol. The molecular formula is C13H21NO2. The first-order valence-electron chi connectivity index (χ1n) is 6.47. The Hall–Kier alpha value is -0.380. The summed E-state index contributed by atoms with van der Waals surface area (Å²) < 4.78 is 5.28. The van der Waals surface area contributed by atoms with E-state index in [-0.39, 0.29) is 0 Å². The predicted molar refractivity (Wildman–Crippen MR) is 62.3 cm³/mol. The highest BCUT2D eigenvalue weighted by molar-refractivity contribution is 5.26. The maximum atomic E-state index is 10.3. The van der Waals surface area contributed by atoms with Crippen molar-refractivity contribution in [3.8, 4) is 0 Å². The van der Waals surface area contributed by atoms with Crippen molar-refractivity contribution in [2.75, 3.05) is 32.8 Å². The molecule has 0 bridgehead atoms. The summed E-state index contributed by atoms with van der Waals surface area (Å²) in [4.78, 5) is 2.40. The Labute approximate surface area is 97.1 Å². The Bertz CT molecular complexity index is 289. The number of nitrogens with zero attached hydrogens (tertiary/aromatic N) is 1. The quantitative estimate of drug-likeness (QED) is 0.717. The van der Waals surface area contributed by atoms with E-state index in [0.29, 0.717) is 6.61 Å². The van der Waals surface area contributed by atoms with Gasteiger partial charge in [-0.3, -0.25) is 4.90 Å². The molecule has 2 saturated heterocycles. The molecule has 1 saturated carbocycles. The second kappa shape index (κ2) is 4.13. The van der Waals surface area contributed by atoms with Crippen molar-refractivity contribution < 1.29 is 9.84 Å². The third-order valence-electron chi connectivity index (χ3n) is 4.06. The molecule has 1 aliphatic carbocycles.